The molecule has 4 aromatic heterocycles. The van der Waals surface area contributed by atoms with Crippen LogP contribution in [0, 0.1) is 0 Å². The Hall–Kier alpha value is -15.2. The Morgan fingerprint density at radius 3 is 0.693 bits per heavy atom. The molecule has 0 unspecified atom stereocenters. The predicted molar refractivity (Wildman–Crippen MR) is 475 cm³/mol. The molecule has 0 radical (unpaired) electrons. The van der Waals surface area contributed by atoms with Gasteiger partial charge in [0, 0.05) is 76.8 Å². The van der Waals surface area contributed by atoms with Gasteiger partial charge in [-0.1, -0.05) is 388 Å². The largest absolute Gasteiger partial charge is 0.247 e. The van der Waals surface area contributed by atoms with Gasteiger partial charge in [-0.3, -0.25) is 0 Å². The molecule has 0 aliphatic carbocycles. The number of nitrogens with zero attached hydrogens (tertiary/aromatic N) is 6. The van der Waals surface area contributed by atoms with E-state index in [1.54, 1.807) is 0 Å². The van der Waals surface area contributed by atoms with Crippen LogP contribution in [0.25, 0.3) is 211 Å². The standard InChI is InChI=1S/C57H37N3.C51H33N3/c1-4-12-38(13-5-1)41-20-24-44(25-21-41)53-37-54(45-26-22-42(23-27-45)39-14-6-2-7-15-39)60-57(59-53)47-30-28-46(29-31-47)56-50-34-32-43-18-10-11-19-49(43)55(50)51-36-48(33-35-52(51)58-56)40-16-8-3-9-17-40;1-4-12-34(13-5-1)36-20-22-39(23-21-36)48-33-47(38-17-8-3-9-18-38)53-51(54-48)41-26-24-40(25-27-41)50-44-30-28-37-16-10-11-19-43(37)49(44)45-32-42(29-31-46(45)52-50)35-14-6-2-7-15-35/h1-37H;1-33H. The fourth-order valence-electron chi connectivity index (χ4n) is 15.9. The van der Waals surface area contributed by atoms with Gasteiger partial charge >= 0.3 is 0 Å². The van der Waals surface area contributed by atoms with Gasteiger partial charge in [0.25, 0.3) is 0 Å². The smallest absolute Gasteiger partial charge is 0.160 e. The van der Waals surface area contributed by atoms with Crippen molar-refractivity contribution in [3.05, 3.63) is 425 Å². The SMILES string of the molecule is c1ccc(-c2ccc(-c3cc(-c4ccc(-c5ccccc5)cc4)nc(-c4ccc(-c5nc6ccc(-c7ccccc7)cc6c6c5ccc5ccccc56)cc4)n3)cc2)cc1.c1ccc(-c2ccc(-c3cc(-c4ccccc4)nc(-c4ccc(-c5nc6ccc(-c7ccccc7)cc6c6c5ccc5ccccc56)cc4)n3)cc2)cc1. The van der Waals surface area contributed by atoms with Gasteiger partial charge in [-0.05, 0) is 114 Å². The second kappa shape index (κ2) is 30.0. The third-order valence-electron chi connectivity index (χ3n) is 21.8. The highest BCUT2D eigenvalue weighted by Crippen LogP contribution is 2.43. The molecule has 0 saturated carbocycles. The Morgan fingerprint density at radius 1 is 0.132 bits per heavy atom. The molecule has 114 heavy (non-hydrogen) atoms. The van der Waals surface area contributed by atoms with Crippen LogP contribution in [0.4, 0.5) is 0 Å². The lowest BCUT2D eigenvalue weighted by Crippen LogP contribution is -1.96. The maximum Gasteiger partial charge on any atom is 0.160 e. The van der Waals surface area contributed by atoms with E-state index in [1.165, 1.54) is 88.0 Å². The molecule has 0 saturated heterocycles. The molecule has 6 nitrogen and oxygen atoms in total. The van der Waals surface area contributed by atoms with Crippen LogP contribution in [0.3, 0.4) is 0 Å². The molecule has 0 aliphatic rings. The zero-order chi connectivity index (χ0) is 75.7. The van der Waals surface area contributed by atoms with Crippen LogP contribution in [-0.2, 0) is 0 Å². The van der Waals surface area contributed by atoms with Crippen LogP contribution in [0.1, 0.15) is 0 Å². The van der Waals surface area contributed by atoms with Gasteiger partial charge in [-0.15, -0.1) is 0 Å². The summed E-state index contributed by atoms with van der Waals surface area (Å²) in [5.41, 5.74) is 27.3. The first-order chi connectivity index (χ1) is 56.5. The topological polar surface area (TPSA) is 77.3 Å². The number of rotatable bonds is 13. The Bertz CT molecular complexity index is 7010. The van der Waals surface area contributed by atoms with Crippen LogP contribution >= 0.6 is 0 Å². The summed E-state index contributed by atoms with van der Waals surface area (Å²) in [5.74, 6) is 1.35. The first-order valence-electron chi connectivity index (χ1n) is 38.6. The van der Waals surface area contributed by atoms with Crippen molar-refractivity contribution in [2.24, 2.45) is 0 Å². The second-order valence-electron chi connectivity index (χ2n) is 28.8. The number of aromatic nitrogens is 6. The van der Waals surface area contributed by atoms with Gasteiger partial charge in [0.1, 0.15) is 0 Å². The third-order valence-corrected chi connectivity index (χ3v) is 21.8. The molecule has 532 valence electrons. The number of hydrogen-bond donors (Lipinski definition) is 0. The van der Waals surface area contributed by atoms with E-state index in [0.717, 1.165) is 111 Å². The number of hydrogen-bond acceptors (Lipinski definition) is 6. The first-order valence-corrected chi connectivity index (χ1v) is 38.6. The molecular formula is C108H70N6. The second-order valence-corrected chi connectivity index (χ2v) is 28.8. The Balaban J connectivity index is 0.000000149. The van der Waals surface area contributed by atoms with E-state index in [0.29, 0.717) is 11.6 Å². The lowest BCUT2D eigenvalue weighted by molar-refractivity contribution is 1.18. The average Bonchev–Trinajstić information content (AvgIpc) is 0.739. The molecule has 0 aliphatic heterocycles. The van der Waals surface area contributed by atoms with E-state index < -0.39 is 0 Å². The zero-order valence-corrected chi connectivity index (χ0v) is 62.1. The van der Waals surface area contributed by atoms with Gasteiger partial charge in [-0.2, -0.15) is 0 Å². The van der Waals surface area contributed by atoms with E-state index in [4.69, 9.17) is 29.9 Å². The summed E-state index contributed by atoms with van der Waals surface area (Å²) in [6.45, 7) is 0. The zero-order valence-electron chi connectivity index (χ0n) is 62.1. The Morgan fingerprint density at radius 2 is 0.368 bits per heavy atom. The predicted octanol–water partition coefficient (Wildman–Crippen LogP) is 28.3. The maximum absolute atomic E-state index is 5.35. The van der Waals surface area contributed by atoms with Crippen molar-refractivity contribution in [3.63, 3.8) is 0 Å². The third kappa shape index (κ3) is 13.5. The van der Waals surface area contributed by atoms with Crippen molar-refractivity contribution in [1.82, 2.24) is 29.9 Å². The van der Waals surface area contributed by atoms with E-state index in [1.807, 2.05) is 36.4 Å². The molecule has 0 spiro atoms. The van der Waals surface area contributed by atoms with Gasteiger partial charge < -0.3 is 0 Å². The van der Waals surface area contributed by atoms with Crippen molar-refractivity contribution in [3.8, 4) is 146 Å². The molecule has 6 heteroatoms. The summed E-state index contributed by atoms with van der Waals surface area (Å²) in [7, 11) is 0. The minimum absolute atomic E-state index is 0.670. The van der Waals surface area contributed by atoms with Crippen LogP contribution in [0.5, 0.6) is 0 Å². The Kier molecular flexibility index (Phi) is 17.9. The van der Waals surface area contributed by atoms with Crippen LogP contribution in [0.15, 0.2) is 425 Å². The minimum Gasteiger partial charge on any atom is -0.247 e. The van der Waals surface area contributed by atoms with Crippen LogP contribution < -0.4 is 0 Å². The summed E-state index contributed by atoms with van der Waals surface area (Å²) in [5, 5.41) is 11.8. The molecule has 0 amide bonds. The normalized spacial score (nSPS) is 11.3. The van der Waals surface area contributed by atoms with Crippen molar-refractivity contribution >= 4 is 64.9 Å². The highest BCUT2D eigenvalue weighted by molar-refractivity contribution is 6.24. The maximum atomic E-state index is 5.35. The fourth-order valence-corrected chi connectivity index (χ4v) is 15.9. The monoisotopic (exact) mass is 1450 g/mol. The molecule has 0 atom stereocenters. The number of fused-ring (bicyclic) bond motifs is 10. The first kappa shape index (κ1) is 68.1. The number of benzene rings is 17. The molecule has 4 heterocycles. The van der Waals surface area contributed by atoms with Gasteiger partial charge in [-0.25, -0.2) is 29.9 Å². The van der Waals surface area contributed by atoms with Gasteiger partial charge in [0.15, 0.2) is 11.6 Å². The molecule has 0 bridgehead atoms. The average molecular weight is 1450 g/mol. The van der Waals surface area contributed by atoms with Gasteiger partial charge in [0.05, 0.1) is 45.2 Å². The summed E-state index contributed by atoms with van der Waals surface area (Å²) in [6.07, 6.45) is 0. The van der Waals surface area contributed by atoms with Gasteiger partial charge in [0.2, 0.25) is 0 Å². The van der Waals surface area contributed by atoms with Crippen molar-refractivity contribution in [2.45, 2.75) is 0 Å². The lowest BCUT2D eigenvalue weighted by Gasteiger charge is -2.14. The van der Waals surface area contributed by atoms with E-state index in [-0.39, 0.29) is 0 Å². The summed E-state index contributed by atoms with van der Waals surface area (Å²) in [4.78, 5) is 31.3. The molecule has 17 aromatic carbocycles. The van der Waals surface area contributed by atoms with Crippen molar-refractivity contribution in [1.29, 1.82) is 0 Å². The summed E-state index contributed by atoms with van der Waals surface area (Å²) in [6, 6.07) is 150. The summed E-state index contributed by atoms with van der Waals surface area (Å²) >= 11 is 0. The molecule has 0 N–H and O–H groups in total. The highest BCUT2D eigenvalue weighted by atomic mass is 14.9. The van der Waals surface area contributed by atoms with E-state index >= 15 is 0 Å². The fraction of sp³-hybridized carbons (Fsp3) is 0. The number of pyridine rings is 2. The molecule has 0 fully saturated rings. The summed E-state index contributed by atoms with van der Waals surface area (Å²) < 4.78 is 0. The quantitative estimate of drug-likeness (QED) is 0.107. The Labute approximate surface area is 661 Å². The molecular weight excluding hydrogens is 1380 g/mol. The lowest BCUT2D eigenvalue weighted by atomic mass is 9.93. The molecule has 21 aromatic rings. The highest BCUT2D eigenvalue weighted by Gasteiger charge is 2.20. The van der Waals surface area contributed by atoms with Crippen molar-refractivity contribution < 1.29 is 0 Å². The van der Waals surface area contributed by atoms with Crippen LogP contribution in [-0.4, -0.2) is 29.9 Å². The minimum atomic E-state index is 0.670. The van der Waals surface area contributed by atoms with Crippen molar-refractivity contribution in [2.75, 3.05) is 0 Å². The van der Waals surface area contributed by atoms with Crippen LogP contribution in [0.2, 0.25) is 0 Å². The molecule has 21 rings (SSSR count). The van der Waals surface area contributed by atoms with E-state index in [2.05, 4.69) is 388 Å². The van der Waals surface area contributed by atoms with E-state index in [9.17, 15) is 0 Å².